The normalized spacial score (nSPS) is 20.1. The summed E-state index contributed by atoms with van der Waals surface area (Å²) in [5, 5.41) is 0.779. The topological polar surface area (TPSA) is 43.4 Å². The quantitative estimate of drug-likeness (QED) is 0.300. The molecule has 1 rings (SSSR count). The first kappa shape index (κ1) is 12.9. The maximum Gasteiger partial charge on any atom is 0.306 e. The van der Waals surface area contributed by atoms with Crippen molar-refractivity contribution in [3.63, 3.8) is 0 Å². The molecule has 1 unspecified atom stereocenters. The minimum atomic E-state index is -0.254. The highest BCUT2D eigenvalue weighted by molar-refractivity contribution is 8.77. The molecule has 5 heteroatoms. The lowest BCUT2D eigenvalue weighted by Crippen LogP contribution is -2.06. The molecule has 0 bridgehead atoms. The lowest BCUT2D eigenvalue weighted by Gasteiger charge is -2.06. The maximum absolute atomic E-state index is 11.0. The molecular weight excluding hydrogens is 232 g/mol. The summed E-state index contributed by atoms with van der Waals surface area (Å²) in [4.78, 5) is 20.9. The second kappa shape index (κ2) is 8.05. The van der Waals surface area contributed by atoms with Gasteiger partial charge in [0.25, 0.3) is 0 Å². The molecule has 1 saturated heterocycles. The van der Waals surface area contributed by atoms with E-state index in [1.807, 2.05) is 21.6 Å². The summed E-state index contributed by atoms with van der Waals surface area (Å²) >= 11 is 0. The Morgan fingerprint density at radius 2 is 2.33 bits per heavy atom. The van der Waals surface area contributed by atoms with Gasteiger partial charge in [-0.15, -0.1) is 0 Å². The molecule has 0 spiro atoms. The van der Waals surface area contributed by atoms with E-state index in [1.165, 1.54) is 18.6 Å². The van der Waals surface area contributed by atoms with E-state index in [2.05, 4.69) is 4.74 Å². The Morgan fingerprint density at radius 1 is 1.47 bits per heavy atom. The van der Waals surface area contributed by atoms with Gasteiger partial charge in [0, 0.05) is 17.4 Å². The lowest BCUT2D eigenvalue weighted by molar-refractivity contribution is -0.145. The van der Waals surface area contributed by atoms with Crippen LogP contribution in [0.5, 0.6) is 0 Å². The summed E-state index contributed by atoms with van der Waals surface area (Å²) in [5.41, 5.74) is 0. The van der Waals surface area contributed by atoms with E-state index >= 15 is 0 Å². The largest absolute Gasteiger partial charge is 0.458 e. The number of carbonyl (C=O) groups is 2. The fourth-order valence-electron chi connectivity index (χ4n) is 1.40. The molecular formula is C10H16O3S2. The highest BCUT2D eigenvalue weighted by atomic mass is 33.1. The first-order valence-corrected chi connectivity index (χ1v) is 7.58. The highest BCUT2D eigenvalue weighted by Gasteiger charge is 2.15. The second-order valence-corrected chi connectivity index (χ2v) is 6.21. The van der Waals surface area contributed by atoms with Gasteiger partial charge in [-0.05, 0) is 19.3 Å². The van der Waals surface area contributed by atoms with E-state index < -0.39 is 0 Å². The van der Waals surface area contributed by atoms with Gasteiger partial charge in [0.15, 0.2) is 6.29 Å². The van der Waals surface area contributed by atoms with Gasteiger partial charge in [-0.25, -0.2) is 0 Å². The van der Waals surface area contributed by atoms with E-state index in [-0.39, 0.29) is 12.6 Å². The number of unbranched alkanes of at least 4 members (excludes halogenated alkanes) is 1. The third-order valence-electron chi connectivity index (χ3n) is 2.20. The van der Waals surface area contributed by atoms with Gasteiger partial charge < -0.3 is 4.74 Å². The van der Waals surface area contributed by atoms with Crippen molar-refractivity contribution in [3.8, 4) is 0 Å². The van der Waals surface area contributed by atoms with Crippen molar-refractivity contribution in [1.29, 1.82) is 0 Å². The monoisotopic (exact) mass is 248 g/mol. The van der Waals surface area contributed by atoms with Crippen molar-refractivity contribution in [1.82, 2.24) is 0 Å². The summed E-state index contributed by atoms with van der Waals surface area (Å²) < 4.78 is 4.65. The highest BCUT2D eigenvalue weighted by Crippen LogP contribution is 2.39. The zero-order valence-electron chi connectivity index (χ0n) is 8.65. The summed E-state index contributed by atoms with van der Waals surface area (Å²) in [6.07, 6.45) is 5.49. The van der Waals surface area contributed by atoms with Crippen LogP contribution in [0.2, 0.25) is 0 Å². The van der Waals surface area contributed by atoms with E-state index in [4.69, 9.17) is 0 Å². The summed E-state index contributed by atoms with van der Waals surface area (Å²) in [5.74, 6) is 1.01. The van der Waals surface area contributed by atoms with Crippen LogP contribution in [0, 0.1) is 0 Å². The van der Waals surface area contributed by atoms with Gasteiger partial charge in [-0.3, -0.25) is 9.59 Å². The van der Waals surface area contributed by atoms with Gasteiger partial charge in [0.2, 0.25) is 0 Å². The molecule has 1 heterocycles. The van der Waals surface area contributed by atoms with Gasteiger partial charge >= 0.3 is 5.97 Å². The van der Waals surface area contributed by atoms with Crippen LogP contribution in [-0.4, -0.2) is 29.9 Å². The molecule has 1 fully saturated rings. The molecule has 1 atom stereocenters. The third kappa shape index (κ3) is 6.10. The first-order chi connectivity index (χ1) is 7.33. The van der Waals surface area contributed by atoms with Crippen molar-refractivity contribution in [2.75, 3.05) is 12.4 Å². The molecule has 1 aliphatic rings. The molecule has 0 aromatic rings. The van der Waals surface area contributed by atoms with Gasteiger partial charge in [0.05, 0.1) is 0 Å². The van der Waals surface area contributed by atoms with Crippen molar-refractivity contribution in [2.24, 2.45) is 0 Å². The van der Waals surface area contributed by atoms with Crippen LogP contribution in [0.25, 0.3) is 0 Å². The molecule has 0 aliphatic carbocycles. The van der Waals surface area contributed by atoms with Crippen molar-refractivity contribution in [2.45, 2.75) is 37.4 Å². The Balaban J connectivity index is 1.91. The van der Waals surface area contributed by atoms with Crippen LogP contribution in [0.15, 0.2) is 0 Å². The SMILES string of the molecule is O=CCOC(=O)CCCCC1CCSS1. The van der Waals surface area contributed by atoms with E-state index in [1.54, 1.807) is 0 Å². The number of hydrogen-bond acceptors (Lipinski definition) is 5. The van der Waals surface area contributed by atoms with Crippen LogP contribution in [0.1, 0.15) is 32.1 Å². The zero-order valence-corrected chi connectivity index (χ0v) is 10.3. The van der Waals surface area contributed by atoms with Gasteiger partial charge in [-0.1, -0.05) is 28.0 Å². The van der Waals surface area contributed by atoms with Crippen molar-refractivity contribution < 1.29 is 14.3 Å². The Labute approximate surface area is 98.1 Å². The molecule has 0 aromatic carbocycles. The van der Waals surface area contributed by atoms with Gasteiger partial charge in [0.1, 0.15) is 6.61 Å². The number of esters is 1. The van der Waals surface area contributed by atoms with Crippen LogP contribution >= 0.6 is 21.6 Å². The van der Waals surface area contributed by atoms with Crippen LogP contribution in [0.4, 0.5) is 0 Å². The zero-order chi connectivity index (χ0) is 10.9. The minimum Gasteiger partial charge on any atom is -0.458 e. The average Bonchev–Trinajstić information content (AvgIpc) is 2.74. The van der Waals surface area contributed by atoms with Crippen LogP contribution < -0.4 is 0 Å². The first-order valence-electron chi connectivity index (χ1n) is 5.20. The van der Waals surface area contributed by atoms with Crippen molar-refractivity contribution in [3.05, 3.63) is 0 Å². The predicted octanol–water partition coefficient (Wildman–Crippen LogP) is 2.44. The fourth-order valence-corrected chi connectivity index (χ4v) is 4.43. The lowest BCUT2D eigenvalue weighted by atomic mass is 10.1. The van der Waals surface area contributed by atoms with E-state index in [9.17, 15) is 9.59 Å². The number of hydrogen-bond donors (Lipinski definition) is 0. The molecule has 0 radical (unpaired) electrons. The Morgan fingerprint density at radius 3 is 3.00 bits per heavy atom. The number of aldehydes is 1. The predicted molar refractivity (Wildman–Crippen MR) is 63.9 cm³/mol. The van der Waals surface area contributed by atoms with Gasteiger partial charge in [-0.2, -0.15) is 0 Å². The smallest absolute Gasteiger partial charge is 0.306 e. The number of carbonyl (C=O) groups excluding carboxylic acids is 2. The fraction of sp³-hybridized carbons (Fsp3) is 0.800. The van der Waals surface area contributed by atoms with E-state index in [0.717, 1.165) is 18.1 Å². The molecule has 86 valence electrons. The number of rotatable bonds is 7. The molecule has 0 saturated carbocycles. The minimum absolute atomic E-state index is 0.103. The molecule has 15 heavy (non-hydrogen) atoms. The van der Waals surface area contributed by atoms with Crippen LogP contribution in [0.3, 0.4) is 0 Å². The standard InChI is InChI=1S/C10H16O3S2/c11-6-7-13-10(12)4-2-1-3-9-5-8-14-15-9/h6,9H,1-5,7-8H2. The molecule has 0 amide bonds. The molecule has 1 aliphatic heterocycles. The Bertz CT molecular complexity index is 203. The molecule has 0 N–H and O–H groups in total. The number of ether oxygens (including phenoxy) is 1. The average molecular weight is 248 g/mol. The Kier molecular flexibility index (Phi) is 6.92. The van der Waals surface area contributed by atoms with Crippen molar-refractivity contribution >= 4 is 33.8 Å². The Hall–Kier alpha value is -0.160. The summed E-state index contributed by atoms with van der Waals surface area (Å²) in [6.45, 7) is -0.103. The summed E-state index contributed by atoms with van der Waals surface area (Å²) in [7, 11) is 3.91. The van der Waals surface area contributed by atoms with Crippen LogP contribution in [-0.2, 0) is 14.3 Å². The summed E-state index contributed by atoms with van der Waals surface area (Å²) in [6, 6.07) is 0. The third-order valence-corrected chi connectivity index (χ3v) is 5.20. The van der Waals surface area contributed by atoms with E-state index in [0.29, 0.717) is 12.7 Å². The molecule has 0 aromatic heterocycles. The molecule has 3 nitrogen and oxygen atoms in total. The maximum atomic E-state index is 11.0. The second-order valence-electron chi connectivity index (χ2n) is 3.42.